The fraction of sp³-hybridized carbons (Fsp3) is 0.533. The van der Waals surface area contributed by atoms with Crippen LogP contribution in [0.25, 0.3) is 0 Å². The standard InChI is InChI=1S/C15H23NO2/c1-4-12(3)13-8-6-7-9-14(13)16-15(17)10-11-18-5-2/h6-9,12H,4-5,10-11H2,1-3H3,(H,16,17). The molecule has 1 amide bonds. The number of rotatable bonds is 7. The molecule has 3 nitrogen and oxygen atoms in total. The summed E-state index contributed by atoms with van der Waals surface area (Å²) in [5.41, 5.74) is 2.12. The number of ether oxygens (including phenoxy) is 1. The molecule has 0 aliphatic heterocycles. The Hall–Kier alpha value is -1.35. The Bertz CT molecular complexity index is 377. The molecule has 0 heterocycles. The van der Waals surface area contributed by atoms with Crippen molar-refractivity contribution in [2.24, 2.45) is 0 Å². The third-order valence-electron chi connectivity index (χ3n) is 3.06. The molecule has 0 aliphatic rings. The highest BCUT2D eigenvalue weighted by molar-refractivity contribution is 5.91. The second-order valence-corrected chi connectivity index (χ2v) is 4.39. The number of anilines is 1. The van der Waals surface area contributed by atoms with Crippen LogP contribution in [0.5, 0.6) is 0 Å². The Morgan fingerprint density at radius 1 is 1.33 bits per heavy atom. The van der Waals surface area contributed by atoms with Crippen LogP contribution in [0, 0.1) is 0 Å². The Balaban J connectivity index is 2.63. The molecule has 0 spiro atoms. The molecule has 0 saturated heterocycles. The minimum Gasteiger partial charge on any atom is -0.381 e. The van der Waals surface area contributed by atoms with Crippen molar-refractivity contribution in [3.63, 3.8) is 0 Å². The van der Waals surface area contributed by atoms with Gasteiger partial charge in [-0.05, 0) is 30.9 Å². The molecule has 0 saturated carbocycles. The van der Waals surface area contributed by atoms with Gasteiger partial charge in [0.2, 0.25) is 5.91 Å². The Morgan fingerprint density at radius 3 is 2.72 bits per heavy atom. The van der Waals surface area contributed by atoms with Crippen molar-refractivity contribution in [2.45, 2.75) is 39.5 Å². The van der Waals surface area contributed by atoms with Crippen molar-refractivity contribution in [3.8, 4) is 0 Å². The average molecular weight is 249 g/mol. The van der Waals surface area contributed by atoms with Crippen LogP contribution in [0.2, 0.25) is 0 Å². The maximum atomic E-state index is 11.8. The summed E-state index contributed by atoms with van der Waals surface area (Å²) in [6.07, 6.45) is 1.47. The van der Waals surface area contributed by atoms with E-state index in [1.165, 1.54) is 5.56 Å². The number of carbonyl (C=O) groups is 1. The van der Waals surface area contributed by atoms with Gasteiger partial charge in [0.1, 0.15) is 0 Å². The first kappa shape index (κ1) is 14.7. The van der Waals surface area contributed by atoms with Crippen molar-refractivity contribution in [1.82, 2.24) is 0 Å². The lowest BCUT2D eigenvalue weighted by Crippen LogP contribution is -2.15. The number of nitrogens with one attached hydrogen (secondary N) is 1. The van der Waals surface area contributed by atoms with Crippen molar-refractivity contribution in [1.29, 1.82) is 0 Å². The molecule has 0 aliphatic carbocycles. The molecule has 1 atom stereocenters. The van der Waals surface area contributed by atoms with Gasteiger partial charge in [-0.25, -0.2) is 0 Å². The fourth-order valence-electron chi connectivity index (χ4n) is 1.78. The van der Waals surface area contributed by atoms with Crippen LogP contribution in [-0.4, -0.2) is 19.1 Å². The molecule has 1 unspecified atom stereocenters. The van der Waals surface area contributed by atoms with Gasteiger partial charge in [-0.15, -0.1) is 0 Å². The van der Waals surface area contributed by atoms with Gasteiger partial charge in [0.15, 0.2) is 0 Å². The second kappa shape index (κ2) is 7.88. The van der Waals surface area contributed by atoms with E-state index in [1.807, 2.05) is 25.1 Å². The number of hydrogen-bond acceptors (Lipinski definition) is 2. The maximum absolute atomic E-state index is 11.8. The van der Waals surface area contributed by atoms with E-state index in [9.17, 15) is 4.79 Å². The highest BCUT2D eigenvalue weighted by Gasteiger charge is 2.10. The van der Waals surface area contributed by atoms with Gasteiger partial charge in [0.25, 0.3) is 0 Å². The predicted octanol–water partition coefficient (Wildman–Crippen LogP) is 3.57. The van der Waals surface area contributed by atoms with Crippen molar-refractivity contribution >= 4 is 11.6 Å². The Kier molecular flexibility index (Phi) is 6.44. The molecule has 0 fully saturated rings. The predicted molar refractivity (Wildman–Crippen MR) is 74.9 cm³/mol. The normalized spacial score (nSPS) is 12.2. The molecule has 1 N–H and O–H groups in total. The van der Waals surface area contributed by atoms with E-state index < -0.39 is 0 Å². The van der Waals surface area contributed by atoms with Gasteiger partial charge in [-0.1, -0.05) is 32.0 Å². The van der Waals surface area contributed by atoms with E-state index in [2.05, 4.69) is 25.2 Å². The molecule has 1 aromatic carbocycles. The summed E-state index contributed by atoms with van der Waals surface area (Å²) >= 11 is 0. The van der Waals surface area contributed by atoms with Gasteiger partial charge in [-0.3, -0.25) is 4.79 Å². The zero-order valence-electron chi connectivity index (χ0n) is 11.5. The molecule has 0 bridgehead atoms. The smallest absolute Gasteiger partial charge is 0.226 e. The van der Waals surface area contributed by atoms with Gasteiger partial charge >= 0.3 is 0 Å². The zero-order valence-corrected chi connectivity index (χ0v) is 11.5. The molecular weight excluding hydrogens is 226 g/mol. The summed E-state index contributed by atoms with van der Waals surface area (Å²) in [4.78, 5) is 11.8. The minimum absolute atomic E-state index is 0.0132. The fourth-order valence-corrected chi connectivity index (χ4v) is 1.78. The number of benzene rings is 1. The third-order valence-corrected chi connectivity index (χ3v) is 3.06. The highest BCUT2D eigenvalue weighted by Crippen LogP contribution is 2.26. The Labute approximate surface area is 110 Å². The van der Waals surface area contributed by atoms with E-state index in [4.69, 9.17) is 4.74 Å². The van der Waals surface area contributed by atoms with E-state index >= 15 is 0 Å². The maximum Gasteiger partial charge on any atom is 0.226 e. The monoisotopic (exact) mass is 249 g/mol. The first-order valence-electron chi connectivity index (χ1n) is 6.65. The summed E-state index contributed by atoms with van der Waals surface area (Å²) in [7, 11) is 0. The lowest BCUT2D eigenvalue weighted by molar-refractivity contribution is -0.117. The van der Waals surface area contributed by atoms with Crippen molar-refractivity contribution < 1.29 is 9.53 Å². The van der Waals surface area contributed by atoms with E-state index in [1.54, 1.807) is 0 Å². The van der Waals surface area contributed by atoms with Gasteiger partial charge in [0.05, 0.1) is 13.0 Å². The molecule has 1 aromatic rings. The summed E-state index contributed by atoms with van der Waals surface area (Å²) in [6, 6.07) is 7.99. The molecule has 1 rings (SSSR count). The van der Waals surface area contributed by atoms with Crippen LogP contribution in [0.1, 0.15) is 45.1 Å². The molecule has 18 heavy (non-hydrogen) atoms. The summed E-state index contributed by atoms with van der Waals surface area (Å²) in [6.45, 7) is 7.38. The largest absolute Gasteiger partial charge is 0.381 e. The van der Waals surface area contributed by atoms with Gasteiger partial charge in [-0.2, -0.15) is 0 Å². The van der Waals surface area contributed by atoms with Crippen molar-refractivity contribution in [3.05, 3.63) is 29.8 Å². The van der Waals surface area contributed by atoms with Crippen molar-refractivity contribution in [2.75, 3.05) is 18.5 Å². The molecule has 0 radical (unpaired) electrons. The summed E-state index contributed by atoms with van der Waals surface area (Å²) < 4.78 is 5.18. The molecule has 3 heteroatoms. The van der Waals surface area contributed by atoms with Gasteiger partial charge < -0.3 is 10.1 Å². The van der Waals surface area contributed by atoms with Crippen LogP contribution < -0.4 is 5.32 Å². The molecule has 100 valence electrons. The topological polar surface area (TPSA) is 38.3 Å². The number of carbonyl (C=O) groups excluding carboxylic acids is 1. The zero-order chi connectivity index (χ0) is 13.4. The quantitative estimate of drug-likeness (QED) is 0.750. The highest BCUT2D eigenvalue weighted by atomic mass is 16.5. The Morgan fingerprint density at radius 2 is 2.06 bits per heavy atom. The van der Waals surface area contributed by atoms with Crippen LogP contribution in [0.3, 0.4) is 0 Å². The number of para-hydroxylation sites is 1. The first-order chi connectivity index (χ1) is 8.69. The summed E-state index contributed by atoms with van der Waals surface area (Å²) in [5, 5.41) is 2.97. The van der Waals surface area contributed by atoms with Crippen LogP contribution >= 0.6 is 0 Å². The van der Waals surface area contributed by atoms with E-state index in [0.717, 1.165) is 12.1 Å². The average Bonchev–Trinajstić information content (AvgIpc) is 2.39. The van der Waals surface area contributed by atoms with E-state index in [0.29, 0.717) is 25.6 Å². The minimum atomic E-state index is 0.0132. The van der Waals surface area contributed by atoms with Crippen LogP contribution in [0.15, 0.2) is 24.3 Å². The third kappa shape index (κ3) is 4.49. The lowest BCUT2D eigenvalue weighted by Gasteiger charge is -2.15. The number of hydrogen-bond donors (Lipinski definition) is 1. The van der Waals surface area contributed by atoms with Crippen LogP contribution in [-0.2, 0) is 9.53 Å². The summed E-state index contributed by atoms with van der Waals surface area (Å²) in [5.74, 6) is 0.465. The van der Waals surface area contributed by atoms with Crippen LogP contribution in [0.4, 0.5) is 5.69 Å². The lowest BCUT2D eigenvalue weighted by atomic mass is 9.97. The first-order valence-corrected chi connectivity index (χ1v) is 6.65. The number of amides is 1. The molecular formula is C15H23NO2. The SMILES string of the molecule is CCOCCC(=O)Nc1ccccc1C(C)CC. The van der Waals surface area contributed by atoms with E-state index in [-0.39, 0.29) is 5.91 Å². The van der Waals surface area contributed by atoms with Gasteiger partial charge in [0, 0.05) is 12.3 Å². The second-order valence-electron chi connectivity index (χ2n) is 4.39. The molecule has 0 aromatic heterocycles.